The van der Waals surface area contributed by atoms with Crippen molar-refractivity contribution in [3.05, 3.63) is 95.1 Å². The van der Waals surface area contributed by atoms with Crippen LogP contribution in [0.3, 0.4) is 0 Å². The van der Waals surface area contributed by atoms with Crippen molar-refractivity contribution in [1.82, 2.24) is 0 Å². The summed E-state index contributed by atoms with van der Waals surface area (Å²) in [7, 11) is 0. The topological polar surface area (TPSA) is 0 Å². The Kier molecular flexibility index (Phi) is 4.40. The number of thioether (sulfide) groups is 2. The van der Waals surface area contributed by atoms with Gasteiger partial charge in [0.25, 0.3) is 0 Å². The first-order valence-corrected chi connectivity index (χ1v) is 11.4. The van der Waals surface area contributed by atoms with E-state index in [1.807, 2.05) is 23.5 Å². The normalized spacial score (nSPS) is 14.8. The molecule has 0 atom stereocenters. The van der Waals surface area contributed by atoms with E-state index in [0.717, 1.165) is 23.0 Å². The molecule has 0 saturated carbocycles. The SMILES string of the molecule is c1ccc2c3ccc(c2c1)CSCc1ccc(c2ccccc12)CSC3. The van der Waals surface area contributed by atoms with Gasteiger partial charge in [-0.1, -0.05) is 72.8 Å². The van der Waals surface area contributed by atoms with Crippen molar-refractivity contribution >= 4 is 45.1 Å². The van der Waals surface area contributed by atoms with Gasteiger partial charge in [-0.25, -0.2) is 0 Å². The van der Waals surface area contributed by atoms with Gasteiger partial charge in [-0.2, -0.15) is 23.5 Å². The van der Waals surface area contributed by atoms with Crippen molar-refractivity contribution in [2.75, 3.05) is 0 Å². The molecule has 0 saturated heterocycles. The first kappa shape index (κ1) is 16.3. The third-order valence-electron chi connectivity index (χ3n) is 5.24. The Morgan fingerprint density at radius 3 is 0.923 bits per heavy atom. The van der Waals surface area contributed by atoms with Gasteiger partial charge < -0.3 is 0 Å². The number of fused-ring (bicyclic) bond motifs is 6. The monoisotopic (exact) mass is 372 g/mol. The largest absolute Gasteiger partial charge is 0.152 e. The van der Waals surface area contributed by atoms with Crippen LogP contribution in [0.25, 0.3) is 21.5 Å². The summed E-state index contributed by atoms with van der Waals surface area (Å²) in [6, 6.07) is 27.2. The molecule has 26 heavy (non-hydrogen) atoms. The van der Waals surface area contributed by atoms with E-state index in [1.54, 1.807) is 0 Å². The van der Waals surface area contributed by atoms with Crippen LogP contribution < -0.4 is 0 Å². The number of rotatable bonds is 0. The van der Waals surface area contributed by atoms with E-state index < -0.39 is 0 Å². The van der Waals surface area contributed by atoms with Gasteiger partial charge in [0.15, 0.2) is 0 Å². The molecular weight excluding hydrogens is 352 g/mol. The zero-order valence-electron chi connectivity index (χ0n) is 14.6. The molecule has 0 fully saturated rings. The van der Waals surface area contributed by atoms with Gasteiger partial charge in [0.05, 0.1) is 0 Å². The maximum Gasteiger partial charge on any atom is 0.0194 e. The van der Waals surface area contributed by atoms with E-state index in [2.05, 4.69) is 72.8 Å². The Labute approximate surface area is 163 Å². The second kappa shape index (κ2) is 7.02. The zero-order valence-corrected chi connectivity index (χ0v) is 16.2. The standard InChI is InChI=1S/C24H20S2/c1-2-6-22-18-10-9-17(21(22)5-1)13-25-15-19-11-12-20(16-26-14-18)24-8-4-3-7-23(19)24/h1-12H,13-16H2. The van der Waals surface area contributed by atoms with Crippen LogP contribution in [-0.4, -0.2) is 0 Å². The molecule has 0 aromatic heterocycles. The summed E-state index contributed by atoms with van der Waals surface area (Å²) in [5, 5.41) is 5.70. The Morgan fingerprint density at radius 1 is 0.385 bits per heavy atom. The summed E-state index contributed by atoms with van der Waals surface area (Å²) in [5.74, 6) is 4.24. The van der Waals surface area contributed by atoms with E-state index in [-0.39, 0.29) is 0 Å². The van der Waals surface area contributed by atoms with Crippen LogP contribution in [0.15, 0.2) is 72.8 Å². The lowest BCUT2D eigenvalue weighted by Crippen LogP contribution is -1.94. The smallest absolute Gasteiger partial charge is 0.0194 e. The Balaban J connectivity index is 1.62. The van der Waals surface area contributed by atoms with Gasteiger partial charge in [0, 0.05) is 23.0 Å². The van der Waals surface area contributed by atoms with Gasteiger partial charge in [0.2, 0.25) is 0 Å². The Morgan fingerprint density at radius 2 is 0.654 bits per heavy atom. The summed E-state index contributed by atoms with van der Waals surface area (Å²) in [6.45, 7) is 0. The fraction of sp³-hybridized carbons (Fsp3) is 0.167. The van der Waals surface area contributed by atoms with Crippen molar-refractivity contribution in [3.8, 4) is 0 Å². The second-order valence-corrected chi connectivity index (χ2v) is 8.82. The molecule has 0 spiro atoms. The molecule has 4 bridgehead atoms. The maximum absolute atomic E-state index is 2.34. The van der Waals surface area contributed by atoms with Crippen LogP contribution >= 0.6 is 23.5 Å². The third-order valence-corrected chi connectivity index (χ3v) is 7.30. The molecule has 2 heterocycles. The van der Waals surface area contributed by atoms with Gasteiger partial charge in [0.1, 0.15) is 0 Å². The van der Waals surface area contributed by atoms with E-state index in [0.29, 0.717) is 0 Å². The minimum Gasteiger partial charge on any atom is -0.152 e. The quantitative estimate of drug-likeness (QED) is 0.321. The van der Waals surface area contributed by atoms with Gasteiger partial charge >= 0.3 is 0 Å². The molecule has 4 aromatic carbocycles. The van der Waals surface area contributed by atoms with Crippen LogP contribution in [0.1, 0.15) is 22.3 Å². The van der Waals surface area contributed by atoms with Gasteiger partial charge in [-0.05, 0) is 43.8 Å². The van der Waals surface area contributed by atoms with Crippen molar-refractivity contribution in [2.24, 2.45) is 0 Å². The molecule has 0 N–H and O–H groups in total. The van der Waals surface area contributed by atoms with Gasteiger partial charge in [-0.15, -0.1) is 0 Å². The van der Waals surface area contributed by atoms with E-state index in [1.165, 1.54) is 43.8 Å². The van der Waals surface area contributed by atoms with Crippen molar-refractivity contribution in [1.29, 1.82) is 0 Å². The molecule has 0 nitrogen and oxygen atoms in total. The Hall–Kier alpha value is -1.90. The molecule has 2 aliphatic rings. The molecule has 128 valence electrons. The average Bonchev–Trinajstić information content (AvgIpc) is 2.70. The number of hydrogen-bond acceptors (Lipinski definition) is 2. The fourth-order valence-electron chi connectivity index (χ4n) is 3.89. The molecule has 2 heteroatoms. The molecule has 6 rings (SSSR count). The zero-order chi connectivity index (χ0) is 17.3. The summed E-state index contributed by atoms with van der Waals surface area (Å²) in [6.07, 6.45) is 0. The van der Waals surface area contributed by atoms with Crippen LogP contribution in [0.5, 0.6) is 0 Å². The van der Waals surface area contributed by atoms with Crippen LogP contribution in [0.2, 0.25) is 0 Å². The molecular formula is C24H20S2. The maximum atomic E-state index is 2.34. The lowest BCUT2D eigenvalue weighted by atomic mass is 10.0. The highest BCUT2D eigenvalue weighted by atomic mass is 32.2. The van der Waals surface area contributed by atoms with Crippen LogP contribution in [0.4, 0.5) is 0 Å². The lowest BCUT2D eigenvalue weighted by Gasteiger charge is -2.15. The average molecular weight is 373 g/mol. The van der Waals surface area contributed by atoms with E-state index >= 15 is 0 Å². The highest BCUT2D eigenvalue weighted by Crippen LogP contribution is 2.34. The summed E-state index contributed by atoms with van der Waals surface area (Å²) >= 11 is 4.04. The summed E-state index contributed by atoms with van der Waals surface area (Å²) in [4.78, 5) is 0. The first-order valence-electron chi connectivity index (χ1n) is 9.04. The van der Waals surface area contributed by atoms with E-state index in [4.69, 9.17) is 0 Å². The molecule has 0 aliphatic carbocycles. The lowest BCUT2D eigenvalue weighted by molar-refractivity contribution is 1.35. The second-order valence-electron chi connectivity index (χ2n) is 6.84. The van der Waals surface area contributed by atoms with Crippen molar-refractivity contribution in [2.45, 2.75) is 23.0 Å². The minimum absolute atomic E-state index is 1.06. The molecule has 4 aromatic rings. The minimum atomic E-state index is 1.06. The predicted molar refractivity (Wildman–Crippen MR) is 118 cm³/mol. The fourth-order valence-corrected chi connectivity index (χ4v) is 5.98. The Bertz CT molecular complexity index is 924. The summed E-state index contributed by atoms with van der Waals surface area (Å²) < 4.78 is 0. The molecule has 0 radical (unpaired) electrons. The summed E-state index contributed by atoms with van der Waals surface area (Å²) in [5.41, 5.74) is 5.82. The molecule has 0 amide bonds. The third kappa shape index (κ3) is 2.91. The van der Waals surface area contributed by atoms with Gasteiger partial charge in [-0.3, -0.25) is 0 Å². The van der Waals surface area contributed by atoms with Crippen LogP contribution in [0, 0.1) is 0 Å². The highest BCUT2D eigenvalue weighted by Gasteiger charge is 2.11. The number of benzene rings is 4. The number of hydrogen-bond donors (Lipinski definition) is 0. The van der Waals surface area contributed by atoms with Crippen LogP contribution in [-0.2, 0) is 23.0 Å². The predicted octanol–water partition coefficient (Wildman–Crippen LogP) is 7.17. The van der Waals surface area contributed by atoms with E-state index in [9.17, 15) is 0 Å². The van der Waals surface area contributed by atoms with Crippen molar-refractivity contribution < 1.29 is 0 Å². The van der Waals surface area contributed by atoms with Crippen molar-refractivity contribution in [3.63, 3.8) is 0 Å². The highest BCUT2D eigenvalue weighted by molar-refractivity contribution is 7.98. The molecule has 2 aliphatic heterocycles. The first-order chi connectivity index (χ1) is 12.9. The molecule has 0 unspecified atom stereocenters.